The summed E-state index contributed by atoms with van der Waals surface area (Å²) in [7, 11) is 0. The SMILES string of the molecule is Cc1cccc(C(=O)NCC(O)c2cnc[nH]2)c1C. The summed E-state index contributed by atoms with van der Waals surface area (Å²) in [6.45, 7) is 4.02. The number of imidazole rings is 1. The maximum atomic E-state index is 12.0. The van der Waals surface area contributed by atoms with E-state index in [0.717, 1.165) is 11.1 Å². The van der Waals surface area contributed by atoms with Gasteiger partial charge in [-0.2, -0.15) is 0 Å². The predicted octanol–water partition coefficient (Wildman–Crippen LogP) is 1.49. The zero-order valence-corrected chi connectivity index (χ0v) is 11.0. The van der Waals surface area contributed by atoms with E-state index >= 15 is 0 Å². The Labute approximate surface area is 111 Å². The van der Waals surface area contributed by atoms with Crippen LogP contribution in [0.15, 0.2) is 30.7 Å². The maximum Gasteiger partial charge on any atom is 0.251 e. The van der Waals surface area contributed by atoms with Gasteiger partial charge in [0.15, 0.2) is 0 Å². The molecule has 1 heterocycles. The van der Waals surface area contributed by atoms with Gasteiger partial charge < -0.3 is 15.4 Å². The number of nitrogens with one attached hydrogen (secondary N) is 2. The Balaban J connectivity index is 2.00. The number of aliphatic hydroxyl groups is 1. The average molecular weight is 259 g/mol. The molecule has 0 saturated heterocycles. The van der Waals surface area contributed by atoms with Crippen LogP contribution in [0.25, 0.3) is 0 Å². The second kappa shape index (κ2) is 5.67. The normalized spacial score (nSPS) is 12.2. The van der Waals surface area contributed by atoms with Gasteiger partial charge in [0.25, 0.3) is 5.91 Å². The molecule has 5 nitrogen and oxygen atoms in total. The number of rotatable bonds is 4. The minimum absolute atomic E-state index is 0.147. The number of aromatic nitrogens is 2. The van der Waals surface area contributed by atoms with Crippen molar-refractivity contribution < 1.29 is 9.90 Å². The van der Waals surface area contributed by atoms with Gasteiger partial charge in [0.1, 0.15) is 6.10 Å². The van der Waals surface area contributed by atoms with Gasteiger partial charge in [-0.3, -0.25) is 4.79 Å². The molecule has 0 spiro atoms. The average Bonchev–Trinajstić information content (AvgIpc) is 2.93. The van der Waals surface area contributed by atoms with Crippen molar-refractivity contribution in [2.24, 2.45) is 0 Å². The van der Waals surface area contributed by atoms with Crippen molar-refractivity contribution in [1.29, 1.82) is 0 Å². The lowest BCUT2D eigenvalue weighted by molar-refractivity contribution is 0.0913. The first kappa shape index (κ1) is 13.3. The minimum atomic E-state index is -0.781. The molecule has 1 aromatic heterocycles. The highest BCUT2D eigenvalue weighted by Gasteiger charge is 2.13. The Morgan fingerprint density at radius 2 is 2.26 bits per heavy atom. The van der Waals surface area contributed by atoms with E-state index in [1.807, 2.05) is 26.0 Å². The molecule has 1 amide bonds. The first-order chi connectivity index (χ1) is 9.09. The summed E-state index contributed by atoms with van der Waals surface area (Å²) in [5.41, 5.74) is 3.25. The van der Waals surface area contributed by atoms with E-state index in [2.05, 4.69) is 15.3 Å². The van der Waals surface area contributed by atoms with Crippen molar-refractivity contribution in [3.63, 3.8) is 0 Å². The van der Waals surface area contributed by atoms with E-state index in [9.17, 15) is 9.90 Å². The molecule has 0 radical (unpaired) electrons. The number of H-pyrrole nitrogens is 1. The van der Waals surface area contributed by atoms with Crippen LogP contribution < -0.4 is 5.32 Å². The van der Waals surface area contributed by atoms with Crippen molar-refractivity contribution >= 4 is 5.91 Å². The van der Waals surface area contributed by atoms with Crippen molar-refractivity contribution in [3.05, 3.63) is 53.1 Å². The zero-order valence-electron chi connectivity index (χ0n) is 11.0. The third-order valence-corrected chi connectivity index (χ3v) is 3.18. The third kappa shape index (κ3) is 3.00. The largest absolute Gasteiger partial charge is 0.385 e. The molecule has 1 atom stereocenters. The summed E-state index contributed by atoms with van der Waals surface area (Å²) in [5, 5.41) is 12.6. The summed E-state index contributed by atoms with van der Waals surface area (Å²) in [4.78, 5) is 18.7. The van der Waals surface area contributed by atoms with Crippen LogP contribution in [0.4, 0.5) is 0 Å². The molecule has 0 bridgehead atoms. The van der Waals surface area contributed by atoms with Gasteiger partial charge in [-0.05, 0) is 31.0 Å². The van der Waals surface area contributed by atoms with Crippen LogP contribution in [-0.2, 0) is 0 Å². The van der Waals surface area contributed by atoms with Gasteiger partial charge in [-0.15, -0.1) is 0 Å². The number of aryl methyl sites for hydroxylation is 1. The topological polar surface area (TPSA) is 78.0 Å². The molecule has 1 aromatic carbocycles. The van der Waals surface area contributed by atoms with E-state index in [0.29, 0.717) is 11.3 Å². The van der Waals surface area contributed by atoms with E-state index in [1.165, 1.54) is 12.5 Å². The summed E-state index contributed by atoms with van der Waals surface area (Å²) in [6.07, 6.45) is 2.25. The quantitative estimate of drug-likeness (QED) is 0.778. The van der Waals surface area contributed by atoms with Crippen LogP contribution in [0.5, 0.6) is 0 Å². The van der Waals surface area contributed by atoms with E-state index in [1.54, 1.807) is 6.07 Å². The first-order valence-electron chi connectivity index (χ1n) is 6.10. The standard InChI is InChI=1S/C14H17N3O2/c1-9-4-3-5-11(10(9)2)14(19)16-7-13(18)12-6-15-8-17-12/h3-6,8,13,18H,7H2,1-2H3,(H,15,17)(H,16,19). The van der Waals surface area contributed by atoms with Crippen LogP contribution in [-0.4, -0.2) is 27.5 Å². The van der Waals surface area contributed by atoms with Crippen LogP contribution in [0, 0.1) is 13.8 Å². The van der Waals surface area contributed by atoms with Crippen molar-refractivity contribution in [2.45, 2.75) is 20.0 Å². The highest BCUT2D eigenvalue weighted by molar-refractivity contribution is 5.95. The number of aromatic amines is 1. The number of aliphatic hydroxyl groups excluding tert-OH is 1. The molecular formula is C14H17N3O2. The fourth-order valence-electron chi connectivity index (χ4n) is 1.84. The highest BCUT2D eigenvalue weighted by atomic mass is 16.3. The number of hydrogen-bond acceptors (Lipinski definition) is 3. The smallest absolute Gasteiger partial charge is 0.251 e. The lowest BCUT2D eigenvalue weighted by Crippen LogP contribution is -2.29. The van der Waals surface area contributed by atoms with E-state index in [4.69, 9.17) is 0 Å². The predicted molar refractivity (Wildman–Crippen MR) is 71.8 cm³/mol. The van der Waals surface area contributed by atoms with Crippen LogP contribution in [0.3, 0.4) is 0 Å². The first-order valence-corrected chi connectivity index (χ1v) is 6.10. The van der Waals surface area contributed by atoms with Gasteiger partial charge in [0.2, 0.25) is 0 Å². The Morgan fingerprint density at radius 1 is 1.47 bits per heavy atom. The lowest BCUT2D eigenvalue weighted by atomic mass is 10.0. The number of hydrogen-bond donors (Lipinski definition) is 3. The molecule has 2 rings (SSSR count). The highest BCUT2D eigenvalue weighted by Crippen LogP contribution is 2.13. The molecule has 5 heteroatoms. The van der Waals surface area contributed by atoms with Gasteiger partial charge >= 0.3 is 0 Å². The Hall–Kier alpha value is -2.14. The molecule has 100 valence electrons. The third-order valence-electron chi connectivity index (χ3n) is 3.18. The zero-order chi connectivity index (χ0) is 13.8. The van der Waals surface area contributed by atoms with Crippen molar-refractivity contribution in [1.82, 2.24) is 15.3 Å². The molecule has 0 aliphatic heterocycles. The minimum Gasteiger partial charge on any atom is -0.385 e. The number of carbonyl (C=O) groups excluding carboxylic acids is 1. The van der Waals surface area contributed by atoms with Crippen molar-refractivity contribution in [3.8, 4) is 0 Å². The Bertz CT molecular complexity index is 564. The molecule has 0 aliphatic carbocycles. The number of amides is 1. The molecular weight excluding hydrogens is 242 g/mol. The second-order valence-corrected chi connectivity index (χ2v) is 4.48. The Morgan fingerprint density at radius 3 is 2.95 bits per heavy atom. The molecule has 0 saturated carbocycles. The fraction of sp³-hybridized carbons (Fsp3) is 0.286. The lowest BCUT2D eigenvalue weighted by Gasteiger charge is -2.12. The van der Waals surface area contributed by atoms with Crippen LogP contribution in [0.2, 0.25) is 0 Å². The van der Waals surface area contributed by atoms with Crippen LogP contribution >= 0.6 is 0 Å². The molecule has 2 aromatic rings. The maximum absolute atomic E-state index is 12.0. The molecule has 0 fully saturated rings. The van der Waals surface area contributed by atoms with Crippen molar-refractivity contribution in [2.75, 3.05) is 6.54 Å². The van der Waals surface area contributed by atoms with Gasteiger partial charge in [-0.25, -0.2) is 4.98 Å². The fourth-order valence-corrected chi connectivity index (χ4v) is 1.84. The molecule has 3 N–H and O–H groups in total. The number of benzene rings is 1. The molecule has 0 aliphatic rings. The van der Waals surface area contributed by atoms with Crippen LogP contribution in [0.1, 0.15) is 33.3 Å². The van der Waals surface area contributed by atoms with E-state index in [-0.39, 0.29) is 12.5 Å². The Kier molecular flexibility index (Phi) is 3.97. The summed E-state index contributed by atoms with van der Waals surface area (Å²) in [6, 6.07) is 5.59. The van der Waals surface area contributed by atoms with E-state index < -0.39 is 6.10 Å². The van der Waals surface area contributed by atoms with Gasteiger partial charge in [0.05, 0.1) is 18.2 Å². The number of nitrogens with zero attached hydrogens (tertiary/aromatic N) is 1. The summed E-state index contributed by atoms with van der Waals surface area (Å²) >= 11 is 0. The summed E-state index contributed by atoms with van der Waals surface area (Å²) in [5.74, 6) is -0.181. The van der Waals surface area contributed by atoms with Gasteiger partial charge in [-0.1, -0.05) is 12.1 Å². The monoisotopic (exact) mass is 259 g/mol. The number of carbonyl (C=O) groups is 1. The summed E-state index contributed by atoms with van der Waals surface area (Å²) < 4.78 is 0. The molecule has 1 unspecified atom stereocenters. The second-order valence-electron chi connectivity index (χ2n) is 4.48. The van der Waals surface area contributed by atoms with Gasteiger partial charge in [0, 0.05) is 12.1 Å². The molecule has 19 heavy (non-hydrogen) atoms.